The molecule has 1 aliphatic carbocycles. The van der Waals surface area contributed by atoms with Gasteiger partial charge in [-0.25, -0.2) is 4.57 Å². The third-order valence-corrected chi connectivity index (χ3v) is 12.8. The second-order valence-electron chi connectivity index (χ2n) is 17.7. The van der Waals surface area contributed by atoms with E-state index in [2.05, 4.69) is 26.0 Å². The van der Waals surface area contributed by atoms with Gasteiger partial charge in [0.1, 0.15) is 43.2 Å². The van der Waals surface area contributed by atoms with Crippen molar-refractivity contribution in [2.75, 3.05) is 13.2 Å². The van der Waals surface area contributed by atoms with Gasteiger partial charge >= 0.3 is 19.8 Å². The van der Waals surface area contributed by atoms with Crippen molar-refractivity contribution in [1.82, 2.24) is 0 Å². The van der Waals surface area contributed by atoms with Gasteiger partial charge in [0.05, 0.1) is 6.61 Å². The molecule has 366 valence electrons. The molecule has 6 unspecified atom stereocenters. The first-order valence-electron chi connectivity index (χ1n) is 25.0. The summed E-state index contributed by atoms with van der Waals surface area (Å²) in [5, 5.41) is 50.2. The van der Waals surface area contributed by atoms with Gasteiger partial charge < -0.3 is 39.9 Å². The monoisotopic (exact) mass is 907 g/mol. The number of esters is 2. The normalized spacial score (nSPS) is 21.9. The van der Waals surface area contributed by atoms with Crippen molar-refractivity contribution in [2.45, 2.75) is 268 Å². The molecule has 1 aliphatic rings. The lowest BCUT2D eigenvalue weighted by Crippen LogP contribution is -2.64. The molecule has 0 heterocycles. The number of phosphoric acid groups is 1. The zero-order valence-electron chi connectivity index (χ0n) is 38.9. The van der Waals surface area contributed by atoms with E-state index in [1.165, 1.54) is 148 Å². The quantitative estimate of drug-likeness (QED) is 0.0146. The van der Waals surface area contributed by atoms with Gasteiger partial charge in [0.2, 0.25) is 0 Å². The number of carbonyl (C=O) groups excluding carboxylic acids is 2. The van der Waals surface area contributed by atoms with E-state index >= 15 is 0 Å². The Labute approximate surface area is 375 Å². The summed E-state index contributed by atoms with van der Waals surface area (Å²) in [5.41, 5.74) is 0. The van der Waals surface area contributed by atoms with E-state index in [0.29, 0.717) is 12.8 Å². The van der Waals surface area contributed by atoms with E-state index in [-0.39, 0.29) is 12.8 Å². The van der Waals surface area contributed by atoms with Crippen molar-refractivity contribution in [3.8, 4) is 0 Å². The standard InChI is InChI=1S/C48H91O13P/c1-3-5-7-9-11-13-15-17-19-20-21-22-23-25-26-28-30-32-34-36-41(49)58-38-40(39-59-62(56,57)61-48-46(54)44(52)43(51)45(53)47(48)55)60-42(50)37-35-33-31-29-27-24-18-16-14-12-10-8-6-4-2/h17,19,40,43-48,51-55H,3-16,18,20-39H2,1-2H3,(H,56,57)/b19-17+/t40-,43?,44-,45?,46?,47?,48?/m0/s1. The van der Waals surface area contributed by atoms with Crippen LogP contribution in [0, 0.1) is 0 Å². The Hall–Kier alpha value is -1.41. The van der Waals surface area contributed by atoms with Crippen LogP contribution in [0.3, 0.4) is 0 Å². The average Bonchev–Trinajstić information content (AvgIpc) is 3.25. The third-order valence-electron chi connectivity index (χ3n) is 11.9. The van der Waals surface area contributed by atoms with E-state index in [0.717, 1.165) is 38.5 Å². The second kappa shape index (κ2) is 38.8. The van der Waals surface area contributed by atoms with Gasteiger partial charge in [0.15, 0.2) is 6.10 Å². The van der Waals surface area contributed by atoms with E-state index in [4.69, 9.17) is 18.5 Å². The minimum Gasteiger partial charge on any atom is -0.462 e. The molecule has 0 aromatic heterocycles. The van der Waals surface area contributed by atoms with Crippen LogP contribution in [0.4, 0.5) is 0 Å². The first-order valence-corrected chi connectivity index (χ1v) is 26.5. The van der Waals surface area contributed by atoms with Gasteiger partial charge in [-0.2, -0.15) is 0 Å². The predicted octanol–water partition coefficient (Wildman–Crippen LogP) is 10.2. The summed E-state index contributed by atoms with van der Waals surface area (Å²) in [6, 6.07) is 0. The first kappa shape index (κ1) is 58.6. The van der Waals surface area contributed by atoms with Crippen molar-refractivity contribution in [3.05, 3.63) is 12.2 Å². The summed E-state index contributed by atoms with van der Waals surface area (Å²) in [6.07, 6.45) is 28.3. The predicted molar refractivity (Wildman–Crippen MR) is 244 cm³/mol. The molecule has 0 saturated heterocycles. The van der Waals surface area contributed by atoms with Gasteiger partial charge in [-0.1, -0.05) is 187 Å². The van der Waals surface area contributed by atoms with Crippen LogP contribution in [-0.2, 0) is 32.7 Å². The molecule has 0 aromatic rings. The van der Waals surface area contributed by atoms with Gasteiger partial charge in [0, 0.05) is 12.8 Å². The topological polar surface area (TPSA) is 210 Å². The van der Waals surface area contributed by atoms with Gasteiger partial charge in [-0.3, -0.25) is 18.6 Å². The minimum absolute atomic E-state index is 0.102. The molecule has 6 N–H and O–H groups in total. The SMILES string of the molecule is CCCCCCCC/C=C/CCCCCCCCCCCC(=O)OC[C@@H](COP(=O)(O)OC1C(O)C(O)C(O)[C@H](O)C1O)OC(=O)CCCCCCCCCCCCCCCC. The molecule has 1 saturated carbocycles. The van der Waals surface area contributed by atoms with Crippen molar-refractivity contribution in [3.63, 3.8) is 0 Å². The summed E-state index contributed by atoms with van der Waals surface area (Å²) in [5.74, 6) is -1.09. The third kappa shape index (κ3) is 30.7. The molecule has 1 fully saturated rings. The van der Waals surface area contributed by atoms with Gasteiger partial charge in [-0.15, -0.1) is 0 Å². The van der Waals surface area contributed by atoms with Crippen LogP contribution in [-0.4, -0.2) is 98.3 Å². The molecule has 14 heteroatoms. The molecule has 0 aromatic carbocycles. The van der Waals surface area contributed by atoms with Gasteiger partial charge in [-0.05, 0) is 38.5 Å². The summed E-state index contributed by atoms with van der Waals surface area (Å²) in [4.78, 5) is 35.8. The van der Waals surface area contributed by atoms with E-state index < -0.39 is 75.7 Å². The Kier molecular flexibility index (Phi) is 36.7. The maximum absolute atomic E-state index is 12.8. The number of aliphatic hydroxyl groups excluding tert-OH is 5. The molecule has 8 atom stereocenters. The molecule has 13 nitrogen and oxygen atoms in total. The molecular formula is C48H91O13P. The summed E-state index contributed by atoms with van der Waals surface area (Å²) in [7, 11) is -5.11. The number of rotatable bonds is 42. The fourth-order valence-electron chi connectivity index (χ4n) is 7.81. The highest BCUT2D eigenvalue weighted by Gasteiger charge is 2.51. The van der Waals surface area contributed by atoms with Crippen LogP contribution in [0.2, 0.25) is 0 Å². The lowest BCUT2D eigenvalue weighted by Gasteiger charge is -2.41. The van der Waals surface area contributed by atoms with E-state index in [1.54, 1.807) is 0 Å². The van der Waals surface area contributed by atoms with Crippen LogP contribution in [0.15, 0.2) is 12.2 Å². The Morgan fingerprint density at radius 3 is 1.23 bits per heavy atom. The zero-order chi connectivity index (χ0) is 45.7. The molecule has 0 amide bonds. The summed E-state index contributed by atoms with van der Waals surface area (Å²) >= 11 is 0. The number of hydrogen-bond donors (Lipinski definition) is 6. The Bertz CT molecular complexity index is 1140. The molecule has 0 spiro atoms. The van der Waals surface area contributed by atoms with Crippen LogP contribution in [0.25, 0.3) is 0 Å². The largest absolute Gasteiger partial charge is 0.472 e. The second-order valence-corrected chi connectivity index (χ2v) is 19.1. The highest BCUT2D eigenvalue weighted by Crippen LogP contribution is 2.47. The number of allylic oxidation sites excluding steroid dienone is 2. The number of ether oxygens (including phenoxy) is 2. The Morgan fingerprint density at radius 1 is 0.484 bits per heavy atom. The number of hydrogen-bond acceptors (Lipinski definition) is 12. The maximum atomic E-state index is 12.8. The van der Waals surface area contributed by atoms with Crippen molar-refractivity contribution in [1.29, 1.82) is 0 Å². The lowest BCUT2D eigenvalue weighted by atomic mass is 9.85. The fourth-order valence-corrected chi connectivity index (χ4v) is 8.79. The molecule has 62 heavy (non-hydrogen) atoms. The zero-order valence-corrected chi connectivity index (χ0v) is 39.8. The van der Waals surface area contributed by atoms with Gasteiger partial charge in [0.25, 0.3) is 0 Å². The molecule has 1 rings (SSSR count). The summed E-state index contributed by atoms with van der Waals surface area (Å²) in [6.45, 7) is 3.32. The van der Waals surface area contributed by atoms with Crippen molar-refractivity contribution >= 4 is 19.8 Å². The highest BCUT2D eigenvalue weighted by molar-refractivity contribution is 7.47. The van der Waals surface area contributed by atoms with Crippen molar-refractivity contribution in [2.24, 2.45) is 0 Å². The molecule has 0 radical (unpaired) electrons. The van der Waals surface area contributed by atoms with E-state index in [9.17, 15) is 44.6 Å². The summed E-state index contributed by atoms with van der Waals surface area (Å²) < 4.78 is 33.6. The number of unbranched alkanes of at least 4 members (excludes halogenated alkanes) is 28. The Morgan fingerprint density at radius 2 is 0.823 bits per heavy atom. The Balaban J connectivity index is 2.39. The average molecular weight is 907 g/mol. The molecule has 0 aliphatic heterocycles. The molecule has 0 bridgehead atoms. The van der Waals surface area contributed by atoms with Crippen LogP contribution >= 0.6 is 7.82 Å². The smallest absolute Gasteiger partial charge is 0.462 e. The number of aliphatic hydroxyl groups is 5. The first-order chi connectivity index (χ1) is 29.9. The number of carbonyl (C=O) groups is 2. The lowest BCUT2D eigenvalue weighted by molar-refractivity contribution is -0.220. The van der Waals surface area contributed by atoms with Crippen LogP contribution in [0.5, 0.6) is 0 Å². The maximum Gasteiger partial charge on any atom is 0.472 e. The van der Waals surface area contributed by atoms with Crippen LogP contribution in [0.1, 0.15) is 226 Å². The highest BCUT2D eigenvalue weighted by atomic mass is 31.2. The van der Waals surface area contributed by atoms with Crippen molar-refractivity contribution < 1.29 is 63.1 Å². The fraction of sp³-hybridized carbons (Fsp3) is 0.917. The number of phosphoric ester groups is 1. The minimum atomic E-state index is -5.11. The van der Waals surface area contributed by atoms with E-state index in [1.807, 2.05) is 0 Å². The molecular weight excluding hydrogens is 815 g/mol. The van der Waals surface area contributed by atoms with Crippen LogP contribution < -0.4 is 0 Å².